The molecule has 1 aliphatic rings. The van der Waals surface area contributed by atoms with Crippen LogP contribution in [-0.4, -0.2) is 26.7 Å². The van der Waals surface area contributed by atoms with Crippen LogP contribution < -0.4 is 10.6 Å². The van der Waals surface area contributed by atoms with E-state index in [1.165, 1.54) is 0 Å². The minimum absolute atomic E-state index is 0.00125. The van der Waals surface area contributed by atoms with Crippen LogP contribution in [0, 0.1) is 18.3 Å². The van der Waals surface area contributed by atoms with Gasteiger partial charge in [-0.2, -0.15) is 10.4 Å². The third-order valence-corrected chi connectivity index (χ3v) is 4.02. The zero-order chi connectivity index (χ0) is 16.4. The highest BCUT2D eigenvalue weighted by Crippen LogP contribution is 2.26. The summed E-state index contributed by atoms with van der Waals surface area (Å²) in [6.45, 7) is 1.86. The molecule has 0 aliphatic carbocycles. The van der Waals surface area contributed by atoms with Gasteiger partial charge in [0, 0.05) is 25.2 Å². The number of nitrogens with zero attached hydrogens (tertiary/aromatic N) is 4. The minimum Gasteiger partial charge on any atom is -0.365 e. The lowest BCUT2D eigenvalue weighted by molar-refractivity contribution is -0.123. The number of carbonyl (C=O) groups excluding carboxylic acids is 1. The molecule has 3 rings (SSSR count). The molecule has 2 aromatic rings. The summed E-state index contributed by atoms with van der Waals surface area (Å²) in [5.74, 6) is 0.675. The maximum Gasteiger partial charge on any atom is 0.220 e. The lowest BCUT2D eigenvalue weighted by atomic mass is 9.93. The molecule has 3 heterocycles. The van der Waals surface area contributed by atoms with Crippen LogP contribution >= 0.6 is 0 Å². The lowest BCUT2D eigenvalue weighted by Gasteiger charge is -2.32. The second-order valence-corrected chi connectivity index (χ2v) is 5.76. The van der Waals surface area contributed by atoms with Gasteiger partial charge < -0.3 is 10.6 Å². The summed E-state index contributed by atoms with van der Waals surface area (Å²) in [5, 5.41) is 19.6. The van der Waals surface area contributed by atoms with Crippen molar-refractivity contribution in [3.05, 3.63) is 41.3 Å². The van der Waals surface area contributed by atoms with E-state index in [2.05, 4.69) is 26.8 Å². The summed E-state index contributed by atoms with van der Waals surface area (Å²) in [6.07, 6.45) is 4.82. The largest absolute Gasteiger partial charge is 0.365 e. The number of hydrogen-bond acceptors (Lipinski definition) is 5. The van der Waals surface area contributed by atoms with Gasteiger partial charge in [0.15, 0.2) is 0 Å². The van der Waals surface area contributed by atoms with Crippen LogP contribution in [0.15, 0.2) is 24.5 Å². The van der Waals surface area contributed by atoms with Crippen molar-refractivity contribution in [2.75, 3.05) is 5.32 Å². The first-order valence-electron chi connectivity index (χ1n) is 7.49. The summed E-state index contributed by atoms with van der Waals surface area (Å²) in [5.41, 5.74) is 2.21. The molecule has 2 aromatic heterocycles. The van der Waals surface area contributed by atoms with E-state index in [0.717, 1.165) is 11.1 Å². The smallest absolute Gasteiger partial charge is 0.220 e. The minimum atomic E-state index is -0.168. The molecule has 23 heavy (non-hydrogen) atoms. The van der Waals surface area contributed by atoms with Crippen molar-refractivity contribution in [3.8, 4) is 6.07 Å². The SMILES string of the molecule is Cc1ccc(N[C@@H]2CCC(=O)N[C@H]2c2cnn(C)c2)nc1C#N. The third kappa shape index (κ3) is 3.16. The second kappa shape index (κ2) is 6.08. The van der Waals surface area contributed by atoms with Gasteiger partial charge in [0.05, 0.1) is 18.3 Å². The number of hydrogen-bond donors (Lipinski definition) is 2. The molecule has 2 atom stereocenters. The van der Waals surface area contributed by atoms with E-state index in [9.17, 15) is 4.79 Å². The van der Waals surface area contributed by atoms with Gasteiger partial charge in [-0.15, -0.1) is 0 Å². The molecule has 0 radical (unpaired) electrons. The molecule has 1 amide bonds. The lowest BCUT2D eigenvalue weighted by Crippen LogP contribution is -2.45. The van der Waals surface area contributed by atoms with Gasteiger partial charge >= 0.3 is 0 Å². The van der Waals surface area contributed by atoms with E-state index in [4.69, 9.17) is 5.26 Å². The molecule has 118 valence electrons. The number of aromatic nitrogens is 3. The maximum absolute atomic E-state index is 11.8. The van der Waals surface area contributed by atoms with E-state index < -0.39 is 0 Å². The van der Waals surface area contributed by atoms with Crippen LogP contribution in [0.25, 0.3) is 0 Å². The molecule has 7 heteroatoms. The molecule has 7 nitrogen and oxygen atoms in total. The van der Waals surface area contributed by atoms with Crippen molar-refractivity contribution in [2.24, 2.45) is 7.05 Å². The van der Waals surface area contributed by atoms with Crippen molar-refractivity contribution in [2.45, 2.75) is 31.8 Å². The Morgan fingerprint density at radius 1 is 1.48 bits per heavy atom. The Kier molecular flexibility index (Phi) is 3.98. The number of pyridine rings is 1. The van der Waals surface area contributed by atoms with Gasteiger partial charge in [-0.3, -0.25) is 9.48 Å². The average molecular weight is 310 g/mol. The number of carbonyl (C=O) groups is 1. The zero-order valence-electron chi connectivity index (χ0n) is 13.1. The Bertz CT molecular complexity index is 775. The van der Waals surface area contributed by atoms with E-state index in [0.29, 0.717) is 24.4 Å². The quantitative estimate of drug-likeness (QED) is 0.894. The Morgan fingerprint density at radius 3 is 3.00 bits per heavy atom. The number of nitriles is 1. The number of rotatable bonds is 3. The van der Waals surface area contributed by atoms with Gasteiger partial charge in [0.2, 0.25) is 5.91 Å². The van der Waals surface area contributed by atoms with Crippen molar-refractivity contribution < 1.29 is 4.79 Å². The number of aryl methyl sites for hydroxylation is 2. The average Bonchev–Trinajstić information content (AvgIpc) is 2.97. The van der Waals surface area contributed by atoms with Crippen LogP contribution in [0.3, 0.4) is 0 Å². The Labute approximate surface area is 134 Å². The first kappa shape index (κ1) is 15.0. The van der Waals surface area contributed by atoms with Gasteiger partial charge in [0.1, 0.15) is 17.6 Å². The first-order valence-corrected chi connectivity index (χ1v) is 7.49. The van der Waals surface area contributed by atoms with Gasteiger partial charge in [-0.1, -0.05) is 6.07 Å². The third-order valence-electron chi connectivity index (χ3n) is 4.02. The molecule has 1 fully saturated rings. The predicted octanol–water partition coefficient (Wildman–Crippen LogP) is 1.43. The molecule has 2 N–H and O–H groups in total. The molecule has 0 bridgehead atoms. The normalized spacial score (nSPS) is 20.7. The summed E-state index contributed by atoms with van der Waals surface area (Å²) in [7, 11) is 1.84. The highest BCUT2D eigenvalue weighted by Gasteiger charge is 2.31. The summed E-state index contributed by atoms with van der Waals surface area (Å²) >= 11 is 0. The fraction of sp³-hybridized carbons (Fsp3) is 0.375. The van der Waals surface area contributed by atoms with Crippen LogP contribution in [0.5, 0.6) is 0 Å². The molecular weight excluding hydrogens is 292 g/mol. The van der Waals surface area contributed by atoms with E-state index in [1.807, 2.05) is 32.3 Å². The monoisotopic (exact) mass is 310 g/mol. The topological polar surface area (TPSA) is 95.6 Å². The highest BCUT2D eigenvalue weighted by molar-refractivity contribution is 5.77. The van der Waals surface area contributed by atoms with Gasteiger partial charge in [-0.05, 0) is 25.0 Å². The fourth-order valence-corrected chi connectivity index (χ4v) is 2.78. The molecule has 0 aromatic carbocycles. The van der Waals surface area contributed by atoms with Crippen LogP contribution in [-0.2, 0) is 11.8 Å². The van der Waals surface area contributed by atoms with E-state index >= 15 is 0 Å². The van der Waals surface area contributed by atoms with E-state index in [-0.39, 0.29) is 18.0 Å². The molecular formula is C16H18N6O. The Hall–Kier alpha value is -2.88. The van der Waals surface area contributed by atoms with Crippen molar-refractivity contribution in [3.63, 3.8) is 0 Å². The van der Waals surface area contributed by atoms with Crippen LogP contribution in [0.4, 0.5) is 5.82 Å². The standard InChI is InChI=1S/C16H18N6O/c1-10-3-5-14(20-13(10)7-17)19-12-4-6-15(23)21-16(12)11-8-18-22(2)9-11/h3,5,8-9,12,16H,4,6H2,1-2H3,(H,19,20)(H,21,23)/t12-,16+/m1/s1. The van der Waals surface area contributed by atoms with Crippen LogP contribution in [0.1, 0.15) is 35.7 Å². The number of nitrogens with one attached hydrogen (secondary N) is 2. The van der Waals surface area contributed by atoms with Crippen molar-refractivity contribution in [1.82, 2.24) is 20.1 Å². The predicted molar refractivity (Wildman–Crippen MR) is 84.4 cm³/mol. The van der Waals surface area contributed by atoms with Gasteiger partial charge in [-0.25, -0.2) is 4.98 Å². The Morgan fingerprint density at radius 2 is 2.30 bits per heavy atom. The second-order valence-electron chi connectivity index (χ2n) is 5.76. The molecule has 0 spiro atoms. The number of amides is 1. The molecule has 0 saturated carbocycles. The van der Waals surface area contributed by atoms with Gasteiger partial charge in [0.25, 0.3) is 0 Å². The molecule has 0 unspecified atom stereocenters. The summed E-state index contributed by atoms with van der Waals surface area (Å²) in [6, 6.07) is 5.65. The number of anilines is 1. The van der Waals surface area contributed by atoms with E-state index in [1.54, 1.807) is 10.9 Å². The molecule has 1 aliphatic heterocycles. The zero-order valence-corrected chi connectivity index (χ0v) is 13.1. The summed E-state index contributed by atoms with van der Waals surface area (Å²) < 4.78 is 1.71. The molecule has 1 saturated heterocycles. The number of piperidine rings is 1. The fourth-order valence-electron chi connectivity index (χ4n) is 2.78. The maximum atomic E-state index is 11.8. The van der Waals surface area contributed by atoms with Crippen LogP contribution in [0.2, 0.25) is 0 Å². The highest BCUT2D eigenvalue weighted by atomic mass is 16.1. The Balaban J connectivity index is 1.84. The van der Waals surface area contributed by atoms with Crippen molar-refractivity contribution in [1.29, 1.82) is 5.26 Å². The van der Waals surface area contributed by atoms with Crippen molar-refractivity contribution >= 4 is 11.7 Å². The summed E-state index contributed by atoms with van der Waals surface area (Å²) in [4.78, 5) is 16.1. The first-order chi connectivity index (χ1) is 11.1.